The molecular formula is C23H21N3OS3. The van der Waals surface area contributed by atoms with Crippen LogP contribution in [0.15, 0.2) is 52.2 Å². The molecule has 1 aliphatic rings. The molecule has 1 atom stereocenters. The Bertz CT molecular complexity index is 1200. The van der Waals surface area contributed by atoms with E-state index in [1.807, 2.05) is 6.92 Å². The number of thioether (sulfide) groups is 1. The first-order valence-electron chi connectivity index (χ1n) is 9.99. The van der Waals surface area contributed by atoms with Crippen LogP contribution >= 0.6 is 34.4 Å². The van der Waals surface area contributed by atoms with E-state index < -0.39 is 0 Å². The van der Waals surface area contributed by atoms with E-state index in [1.54, 1.807) is 22.7 Å². The van der Waals surface area contributed by atoms with Crippen molar-refractivity contribution in [2.24, 2.45) is 0 Å². The Hall–Kier alpha value is -2.22. The van der Waals surface area contributed by atoms with Crippen LogP contribution in [-0.2, 0) is 11.2 Å². The highest BCUT2D eigenvalue weighted by Crippen LogP contribution is 2.40. The zero-order valence-corrected chi connectivity index (χ0v) is 19.0. The van der Waals surface area contributed by atoms with Crippen LogP contribution in [-0.4, -0.2) is 21.6 Å². The number of amides is 1. The monoisotopic (exact) mass is 451 g/mol. The van der Waals surface area contributed by atoms with Gasteiger partial charge in [-0.25, -0.2) is 9.97 Å². The molecule has 1 aromatic carbocycles. The summed E-state index contributed by atoms with van der Waals surface area (Å²) < 4.78 is 0. The summed E-state index contributed by atoms with van der Waals surface area (Å²) in [6.45, 7) is 1.91. The van der Waals surface area contributed by atoms with Gasteiger partial charge in [0.2, 0.25) is 5.91 Å². The summed E-state index contributed by atoms with van der Waals surface area (Å²) in [5, 5.41) is 9.43. The second kappa shape index (κ2) is 8.49. The Morgan fingerprint density at radius 1 is 1.20 bits per heavy atom. The van der Waals surface area contributed by atoms with Crippen molar-refractivity contribution in [1.29, 1.82) is 0 Å². The van der Waals surface area contributed by atoms with Crippen molar-refractivity contribution >= 4 is 50.6 Å². The third-order valence-corrected chi connectivity index (χ3v) is 8.09. The molecule has 1 aliphatic carbocycles. The van der Waals surface area contributed by atoms with Crippen LogP contribution in [0.5, 0.6) is 0 Å². The third kappa shape index (κ3) is 3.89. The van der Waals surface area contributed by atoms with Crippen LogP contribution in [0.1, 0.15) is 35.8 Å². The number of hydrogen-bond acceptors (Lipinski definition) is 6. The quantitative estimate of drug-likeness (QED) is 0.298. The lowest BCUT2D eigenvalue weighted by Crippen LogP contribution is -2.32. The van der Waals surface area contributed by atoms with E-state index in [0.29, 0.717) is 5.75 Å². The van der Waals surface area contributed by atoms with Gasteiger partial charge < -0.3 is 5.32 Å². The molecule has 5 rings (SSSR count). The van der Waals surface area contributed by atoms with E-state index in [1.165, 1.54) is 27.8 Å². The maximum absolute atomic E-state index is 12.8. The van der Waals surface area contributed by atoms with Crippen LogP contribution in [0.2, 0.25) is 0 Å². The summed E-state index contributed by atoms with van der Waals surface area (Å²) in [6.07, 6.45) is 3.20. The number of hydrogen-bond donors (Lipinski definition) is 1. The van der Waals surface area contributed by atoms with Crippen molar-refractivity contribution in [3.05, 3.63) is 64.1 Å². The first-order chi connectivity index (χ1) is 14.7. The van der Waals surface area contributed by atoms with Gasteiger partial charge in [0.1, 0.15) is 15.7 Å². The van der Waals surface area contributed by atoms with Crippen LogP contribution in [0.25, 0.3) is 20.7 Å². The fourth-order valence-corrected chi connectivity index (χ4v) is 6.77. The van der Waals surface area contributed by atoms with Gasteiger partial charge in [-0.05, 0) is 48.8 Å². The summed E-state index contributed by atoms with van der Waals surface area (Å²) in [5.41, 5.74) is 3.78. The van der Waals surface area contributed by atoms with E-state index in [4.69, 9.17) is 0 Å². The molecule has 152 valence electrons. The van der Waals surface area contributed by atoms with Gasteiger partial charge in [-0.3, -0.25) is 4.79 Å². The van der Waals surface area contributed by atoms with Crippen molar-refractivity contribution in [3.8, 4) is 10.4 Å². The van der Waals surface area contributed by atoms with Gasteiger partial charge in [0.25, 0.3) is 0 Å². The van der Waals surface area contributed by atoms with E-state index in [0.717, 1.165) is 45.9 Å². The molecular weight excluding hydrogens is 430 g/mol. The fraction of sp³-hybridized carbons (Fsp3) is 0.261. The SMILES string of the molecule is Cc1nc(SCC(=O)N[C@H]2CCCc3ccccc32)c2c(-c3cccs3)csc2n1. The number of carbonyl (C=O) groups is 1. The first kappa shape index (κ1) is 19.7. The Kier molecular flexibility index (Phi) is 5.58. The highest BCUT2D eigenvalue weighted by atomic mass is 32.2. The minimum atomic E-state index is 0.0546. The second-order valence-electron chi connectivity index (χ2n) is 7.38. The normalized spacial score (nSPS) is 15.8. The molecule has 4 aromatic rings. The van der Waals surface area contributed by atoms with Crippen LogP contribution in [0.3, 0.4) is 0 Å². The topological polar surface area (TPSA) is 54.9 Å². The Morgan fingerprint density at radius 2 is 2.10 bits per heavy atom. The minimum absolute atomic E-state index is 0.0546. The second-order valence-corrected chi connectivity index (χ2v) is 10.2. The number of carbonyl (C=O) groups excluding carboxylic acids is 1. The van der Waals surface area contributed by atoms with Gasteiger partial charge in [-0.15, -0.1) is 22.7 Å². The lowest BCUT2D eigenvalue weighted by molar-refractivity contribution is -0.119. The summed E-state index contributed by atoms with van der Waals surface area (Å²) in [6, 6.07) is 12.7. The van der Waals surface area contributed by atoms with Crippen molar-refractivity contribution in [3.63, 3.8) is 0 Å². The largest absolute Gasteiger partial charge is 0.349 e. The predicted molar refractivity (Wildman–Crippen MR) is 126 cm³/mol. The van der Waals surface area contributed by atoms with Gasteiger partial charge in [0.05, 0.1) is 17.2 Å². The molecule has 0 spiro atoms. The average Bonchev–Trinajstić information content (AvgIpc) is 3.42. The predicted octanol–water partition coefficient (Wildman–Crippen LogP) is 6.01. The first-order valence-corrected chi connectivity index (χ1v) is 12.7. The molecule has 1 N–H and O–H groups in total. The molecule has 1 amide bonds. The van der Waals surface area contributed by atoms with Crippen molar-refractivity contribution in [1.82, 2.24) is 15.3 Å². The third-order valence-electron chi connectivity index (χ3n) is 5.34. The standard InChI is InChI=1S/C23H21N3OS3/c1-14-24-22-21(17(12-29-22)19-10-5-11-28-19)23(25-14)30-13-20(27)26-18-9-4-7-15-6-2-3-8-16(15)18/h2-3,5-6,8,10-12,18H,4,7,9,13H2,1H3,(H,26,27)/t18-/m0/s1. The van der Waals surface area contributed by atoms with Gasteiger partial charge in [0, 0.05) is 15.8 Å². The van der Waals surface area contributed by atoms with E-state index >= 15 is 0 Å². The van der Waals surface area contributed by atoms with Crippen LogP contribution < -0.4 is 5.32 Å². The van der Waals surface area contributed by atoms with Crippen molar-refractivity contribution in [2.45, 2.75) is 37.3 Å². The maximum Gasteiger partial charge on any atom is 0.230 e. The minimum Gasteiger partial charge on any atom is -0.349 e. The molecule has 0 unspecified atom stereocenters. The summed E-state index contributed by atoms with van der Waals surface area (Å²) >= 11 is 4.86. The lowest BCUT2D eigenvalue weighted by Gasteiger charge is -2.26. The van der Waals surface area contributed by atoms with Gasteiger partial charge in [-0.2, -0.15) is 0 Å². The molecule has 3 heterocycles. The summed E-state index contributed by atoms with van der Waals surface area (Å²) in [5.74, 6) is 1.15. The highest BCUT2D eigenvalue weighted by Gasteiger charge is 2.22. The number of thiophene rings is 2. The smallest absolute Gasteiger partial charge is 0.230 e. The maximum atomic E-state index is 12.8. The number of nitrogens with one attached hydrogen (secondary N) is 1. The average molecular weight is 452 g/mol. The van der Waals surface area contributed by atoms with Gasteiger partial charge >= 0.3 is 0 Å². The number of fused-ring (bicyclic) bond motifs is 2. The number of benzene rings is 1. The van der Waals surface area contributed by atoms with E-state index in [-0.39, 0.29) is 11.9 Å². The molecule has 3 aromatic heterocycles. The lowest BCUT2D eigenvalue weighted by atomic mass is 9.88. The van der Waals surface area contributed by atoms with Crippen LogP contribution in [0.4, 0.5) is 0 Å². The van der Waals surface area contributed by atoms with Crippen molar-refractivity contribution < 1.29 is 4.79 Å². The molecule has 0 aliphatic heterocycles. The zero-order chi connectivity index (χ0) is 20.5. The number of aryl methyl sites for hydroxylation is 2. The molecule has 0 bridgehead atoms. The molecule has 4 nitrogen and oxygen atoms in total. The summed E-state index contributed by atoms with van der Waals surface area (Å²) in [4.78, 5) is 24.3. The Morgan fingerprint density at radius 3 is 2.97 bits per heavy atom. The number of nitrogens with zero attached hydrogens (tertiary/aromatic N) is 2. The fourth-order valence-electron chi connectivity index (χ4n) is 4.00. The van der Waals surface area contributed by atoms with Crippen LogP contribution in [0, 0.1) is 6.92 Å². The molecule has 7 heteroatoms. The molecule has 0 radical (unpaired) electrons. The molecule has 0 saturated heterocycles. The van der Waals surface area contributed by atoms with Gasteiger partial charge in [0.15, 0.2) is 0 Å². The van der Waals surface area contributed by atoms with E-state index in [2.05, 4.69) is 62.4 Å². The number of rotatable bonds is 5. The molecule has 30 heavy (non-hydrogen) atoms. The zero-order valence-electron chi connectivity index (χ0n) is 16.6. The number of aromatic nitrogens is 2. The van der Waals surface area contributed by atoms with Gasteiger partial charge in [-0.1, -0.05) is 42.1 Å². The highest BCUT2D eigenvalue weighted by molar-refractivity contribution is 8.00. The van der Waals surface area contributed by atoms with Crippen molar-refractivity contribution in [2.75, 3.05) is 5.75 Å². The molecule has 0 fully saturated rings. The Labute approximate surface area is 187 Å². The molecule has 0 saturated carbocycles. The Balaban J connectivity index is 1.35. The summed E-state index contributed by atoms with van der Waals surface area (Å²) in [7, 11) is 0. The van der Waals surface area contributed by atoms with E-state index in [9.17, 15) is 4.79 Å².